The third kappa shape index (κ3) is 2.47. The summed E-state index contributed by atoms with van der Waals surface area (Å²) in [5.74, 6) is 0.0730. The number of halogens is 1. The normalized spacial score (nSPS) is 10.3. The minimum atomic E-state index is 0.0730. The van der Waals surface area contributed by atoms with Crippen molar-refractivity contribution in [3.63, 3.8) is 0 Å². The zero-order chi connectivity index (χ0) is 12.4. The fourth-order valence-corrected chi connectivity index (χ4v) is 2.10. The number of hydrogen-bond donors (Lipinski definition) is 0. The van der Waals surface area contributed by atoms with Crippen molar-refractivity contribution in [1.82, 2.24) is 0 Å². The predicted octanol–water partition coefficient (Wildman–Crippen LogP) is 4.30. The Labute approximate surface area is 110 Å². The van der Waals surface area contributed by atoms with E-state index in [0.29, 0.717) is 0 Å². The third-order valence-electron chi connectivity index (χ3n) is 2.82. The summed E-state index contributed by atoms with van der Waals surface area (Å²) in [6.07, 6.45) is 0. The maximum Gasteiger partial charge on any atom is 0.193 e. The number of benzene rings is 2. The Morgan fingerprint density at radius 1 is 1.00 bits per heavy atom. The number of hydrogen-bond acceptors (Lipinski definition) is 1. The maximum absolute atomic E-state index is 12.3. The molecule has 0 fully saturated rings. The van der Waals surface area contributed by atoms with Crippen LogP contribution in [0.5, 0.6) is 0 Å². The molecule has 17 heavy (non-hydrogen) atoms. The van der Waals surface area contributed by atoms with Gasteiger partial charge in [-0.2, -0.15) is 0 Å². The van der Waals surface area contributed by atoms with E-state index >= 15 is 0 Å². The summed E-state index contributed by atoms with van der Waals surface area (Å²) in [7, 11) is 0. The number of carbonyl (C=O) groups is 1. The van der Waals surface area contributed by atoms with E-state index in [1.165, 1.54) is 0 Å². The number of carbonyl (C=O) groups excluding carboxylic acids is 1. The molecule has 0 spiro atoms. The average molecular weight is 289 g/mol. The number of rotatable bonds is 2. The highest BCUT2D eigenvalue weighted by Gasteiger charge is 2.11. The monoisotopic (exact) mass is 288 g/mol. The third-order valence-corrected chi connectivity index (χ3v) is 3.68. The molecule has 0 atom stereocenters. The number of ketones is 1. The van der Waals surface area contributed by atoms with Crippen LogP contribution >= 0.6 is 15.9 Å². The van der Waals surface area contributed by atoms with Crippen molar-refractivity contribution in [2.24, 2.45) is 0 Å². The van der Waals surface area contributed by atoms with Crippen LogP contribution in [0.15, 0.2) is 46.9 Å². The lowest BCUT2D eigenvalue weighted by Gasteiger charge is -2.06. The van der Waals surface area contributed by atoms with Gasteiger partial charge in [0.25, 0.3) is 0 Å². The minimum absolute atomic E-state index is 0.0730. The summed E-state index contributed by atoms with van der Waals surface area (Å²) < 4.78 is 0.969. The lowest BCUT2D eigenvalue weighted by molar-refractivity contribution is 0.103. The van der Waals surface area contributed by atoms with Crippen molar-refractivity contribution in [2.75, 3.05) is 0 Å². The van der Waals surface area contributed by atoms with E-state index < -0.39 is 0 Å². The molecule has 86 valence electrons. The highest BCUT2D eigenvalue weighted by atomic mass is 79.9. The molecule has 0 amide bonds. The van der Waals surface area contributed by atoms with Gasteiger partial charge in [0, 0.05) is 15.6 Å². The van der Waals surface area contributed by atoms with E-state index in [1.54, 1.807) is 0 Å². The van der Waals surface area contributed by atoms with Crippen LogP contribution in [0.4, 0.5) is 0 Å². The van der Waals surface area contributed by atoms with Gasteiger partial charge < -0.3 is 0 Å². The summed E-state index contributed by atoms with van der Waals surface area (Å²) in [5.41, 5.74) is 3.63. The fourth-order valence-electron chi connectivity index (χ4n) is 1.72. The van der Waals surface area contributed by atoms with E-state index in [0.717, 1.165) is 26.7 Å². The standard InChI is InChI=1S/C15H13BrO/c1-10-5-3-4-6-13(10)15(17)12-8-7-11(2)14(16)9-12/h3-9H,1-2H3. The van der Waals surface area contributed by atoms with E-state index in [1.807, 2.05) is 56.3 Å². The molecule has 2 rings (SSSR count). The van der Waals surface area contributed by atoms with E-state index in [9.17, 15) is 4.79 Å². The van der Waals surface area contributed by atoms with Crippen molar-refractivity contribution >= 4 is 21.7 Å². The zero-order valence-electron chi connectivity index (χ0n) is 9.83. The van der Waals surface area contributed by atoms with Gasteiger partial charge in [0.05, 0.1) is 0 Å². The first-order valence-electron chi connectivity index (χ1n) is 5.46. The Morgan fingerprint density at radius 2 is 1.71 bits per heavy atom. The molecule has 2 aromatic rings. The number of aryl methyl sites for hydroxylation is 2. The molecular formula is C15H13BrO. The minimum Gasteiger partial charge on any atom is -0.289 e. The molecule has 0 saturated carbocycles. The second kappa shape index (κ2) is 4.84. The lowest BCUT2D eigenvalue weighted by Crippen LogP contribution is -2.03. The van der Waals surface area contributed by atoms with Gasteiger partial charge in [-0.1, -0.05) is 52.3 Å². The highest BCUT2D eigenvalue weighted by molar-refractivity contribution is 9.10. The van der Waals surface area contributed by atoms with Gasteiger partial charge in [0.15, 0.2) is 5.78 Å². The van der Waals surface area contributed by atoms with Crippen LogP contribution in [0.25, 0.3) is 0 Å². The van der Waals surface area contributed by atoms with Crippen molar-refractivity contribution in [3.05, 3.63) is 69.2 Å². The summed E-state index contributed by atoms with van der Waals surface area (Å²) in [4.78, 5) is 12.3. The second-order valence-corrected chi connectivity index (χ2v) is 4.96. The van der Waals surface area contributed by atoms with Gasteiger partial charge >= 0.3 is 0 Å². The zero-order valence-corrected chi connectivity index (χ0v) is 11.4. The van der Waals surface area contributed by atoms with Gasteiger partial charge in [-0.15, -0.1) is 0 Å². The first-order chi connectivity index (χ1) is 8.09. The van der Waals surface area contributed by atoms with Crippen molar-refractivity contribution < 1.29 is 4.79 Å². The molecule has 0 aliphatic rings. The van der Waals surface area contributed by atoms with Crippen LogP contribution in [-0.4, -0.2) is 5.78 Å². The molecule has 0 aromatic heterocycles. The SMILES string of the molecule is Cc1ccc(C(=O)c2ccccc2C)cc1Br. The first kappa shape index (κ1) is 12.1. The molecule has 2 aromatic carbocycles. The fraction of sp³-hybridized carbons (Fsp3) is 0.133. The Morgan fingerprint density at radius 3 is 2.35 bits per heavy atom. The summed E-state index contributed by atoms with van der Waals surface area (Å²) in [6, 6.07) is 13.4. The molecule has 0 N–H and O–H groups in total. The van der Waals surface area contributed by atoms with Crippen molar-refractivity contribution in [3.8, 4) is 0 Å². The van der Waals surface area contributed by atoms with Crippen molar-refractivity contribution in [2.45, 2.75) is 13.8 Å². The average Bonchev–Trinajstić information content (AvgIpc) is 2.32. The van der Waals surface area contributed by atoms with E-state index in [4.69, 9.17) is 0 Å². The highest BCUT2D eigenvalue weighted by Crippen LogP contribution is 2.20. The Kier molecular flexibility index (Phi) is 3.43. The van der Waals surface area contributed by atoms with Crippen LogP contribution < -0.4 is 0 Å². The molecule has 0 bridgehead atoms. The van der Waals surface area contributed by atoms with Gasteiger partial charge in [-0.05, 0) is 31.0 Å². The first-order valence-corrected chi connectivity index (χ1v) is 6.25. The van der Waals surface area contributed by atoms with Gasteiger partial charge in [0.1, 0.15) is 0 Å². The molecule has 0 aliphatic heterocycles. The Bertz CT molecular complexity index is 573. The van der Waals surface area contributed by atoms with Crippen LogP contribution in [0.3, 0.4) is 0 Å². The van der Waals surface area contributed by atoms with E-state index in [2.05, 4.69) is 15.9 Å². The molecule has 0 unspecified atom stereocenters. The van der Waals surface area contributed by atoms with Gasteiger partial charge in [-0.25, -0.2) is 0 Å². The lowest BCUT2D eigenvalue weighted by atomic mass is 9.99. The van der Waals surface area contributed by atoms with Crippen LogP contribution in [-0.2, 0) is 0 Å². The molecule has 1 nitrogen and oxygen atoms in total. The quantitative estimate of drug-likeness (QED) is 0.753. The molecule has 0 heterocycles. The summed E-state index contributed by atoms with van der Waals surface area (Å²) in [5, 5.41) is 0. The Balaban J connectivity index is 2.44. The maximum atomic E-state index is 12.3. The molecule has 0 radical (unpaired) electrons. The smallest absolute Gasteiger partial charge is 0.193 e. The summed E-state index contributed by atoms with van der Waals surface area (Å²) >= 11 is 3.45. The summed E-state index contributed by atoms with van der Waals surface area (Å²) in [6.45, 7) is 3.96. The Hall–Kier alpha value is -1.41. The van der Waals surface area contributed by atoms with Crippen LogP contribution in [0.2, 0.25) is 0 Å². The van der Waals surface area contributed by atoms with Crippen LogP contribution in [0.1, 0.15) is 27.0 Å². The largest absolute Gasteiger partial charge is 0.289 e. The molecule has 0 aliphatic carbocycles. The molecule has 0 saturated heterocycles. The second-order valence-electron chi connectivity index (χ2n) is 4.11. The van der Waals surface area contributed by atoms with Gasteiger partial charge in [-0.3, -0.25) is 4.79 Å². The van der Waals surface area contributed by atoms with Gasteiger partial charge in [0.2, 0.25) is 0 Å². The molecular weight excluding hydrogens is 276 g/mol. The van der Waals surface area contributed by atoms with Crippen molar-refractivity contribution in [1.29, 1.82) is 0 Å². The molecule has 2 heteroatoms. The topological polar surface area (TPSA) is 17.1 Å². The predicted molar refractivity (Wildman–Crippen MR) is 73.5 cm³/mol. The van der Waals surface area contributed by atoms with Crippen LogP contribution in [0, 0.1) is 13.8 Å². The van der Waals surface area contributed by atoms with E-state index in [-0.39, 0.29) is 5.78 Å².